The third-order valence-electron chi connectivity index (χ3n) is 3.79. The van der Waals surface area contributed by atoms with Gasteiger partial charge in [0.25, 0.3) is 0 Å². The van der Waals surface area contributed by atoms with Gasteiger partial charge in [0.2, 0.25) is 0 Å². The van der Waals surface area contributed by atoms with Crippen LogP contribution in [0.25, 0.3) is 10.9 Å². The first kappa shape index (κ1) is 10.4. The molecule has 0 atom stereocenters. The van der Waals surface area contributed by atoms with E-state index in [-0.39, 0.29) is 0 Å². The number of carboxylic acid groups (broad SMARTS) is 1. The average molecular weight is 229 g/mol. The molecule has 0 radical (unpaired) electrons. The standard InChI is InChI=1S/C14H15NO2/c1-10-8-11-4-2-3-5-12(11)15(10)9-14(6-7-14)13(16)17/h2-5,8H,6-7,9H2,1H3,(H,16,17). The van der Waals surface area contributed by atoms with Crippen LogP contribution in [0.3, 0.4) is 0 Å². The van der Waals surface area contributed by atoms with Crippen LogP contribution in [0.1, 0.15) is 18.5 Å². The van der Waals surface area contributed by atoms with Gasteiger partial charge in [0.15, 0.2) is 0 Å². The summed E-state index contributed by atoms with van der Waals surface area (Å²) in [4.78, 5) is 11.2. The fourth-order valence-electron chi connectivity index (χ4n) is 2.45. The summed E-state index contributed by atoms with van der Waals surface area (Å²) in [5, 5.41) is 10.4. The topological polar surface area (TPSA) is 42.2 Å². The second-order valence-electron chi connectivity index (χ2n) is 5.02. The fraction of sp³-hybridized carbons (Fsp3) is 0.357. The maximum Gasteiger partial charge on any atom is 0.311 e. The van der Waals surface area contributed by atoms with Crippen molar-refractivity contribution in [2.75, 3.05) is 0 Å². The molecule has 1 aromatic heterocycles. The summed E-state index contributed by atoms with van der Waals surface area (Å²) < 4.78 is 2.14. The summed E-state index contributed by atoms with van der Waals surface area (Å²) in [6, 6.07) is 10.3. The quantitative estimate of drug-likeness (QED) is 0.879. The molecule has 0 bridgehead atoms. The van der Waals surface area contributed by atoms with Gasteiger partial charge in [0.1, 0.15) is 0 Å². The Hall–Kier alpha value is -1.77. The maximum atomic E-state index is 11.2. The van der Waals surface area contributed by atoms with E-state index < -0.39 is 11.4 Å². The van der Waals surface area contributed by atoms with Gasteiger partial charge in [-0.2, -0.15) is 0 Å². The molecule has 0 amide bonds. The average Bonchev–Trinajstić information content (AvgIpc) is 3.01. The van der Waals surface area contributed by atoms with Crippen LogP contribution in [0.5, 0.6) is 0 Å². The maximum absolute atomic E-state index is 11.2. The lowest BCUT2D eigenvalue weighted by molar-refractivity contribution is -0.143. The summed E-state index contributed by atoms with van der Waals surface area (Å²) in [7, 11) is 0. The Morgan fingerprint density at radius 2 is 2.12 bits per heavy atom. The van der Waals surface area contributed by atoms with Gasteiger partial charge in [-0.25, -0.2) is 0 Å². The molecular weight excluding hydrogens is 214 g/mol. The van der Waals surface area contributed by atoms with Crippen LogP contribution < -0.4 is 0 Å². The van der Waals surface area contributed by atoms with Crippen LogP contribution in [0.4, 0.5) is 0 Å². The van der Waals surface area contributed by atoms with E-state index in [9.17, 15) is 9.90 Å². The van der Waals surface area contributed by atoms with Crippen LogP contribution in [-0.2, 0) is 11.3 Å². The number of benzene rings is 1. The Balaban J connectivity index is 2.06. The molecule has 0 spiro atoms. The molecule has 1 heterocycles. The summed E-state index contributed by atoms with van der Waals surface area (Å²) in [6.45, 7) is 2.64. The molecule has 0 aliphatic heterocycles. The molecule has 17 heavy (non-hydrogen) atoms. The smallest absolute Gasteiger partial charge is 0.311 e. The normalized spacial score (nSPS) is 17.2. The number of aryl methyl sites for hydroxylation is 1. The molecule has 1 aromatic carbocycles. The van der Waals surface area contributed by atoms with Crippen molar-refractivity contribution < 1.29 is 9.90 Å². The highest BCUT2D eigenvalue weighted by Crippen LogP contribution is 2.48. The second-order valence-corrected chi connectivity index (χ2v) is 5.02. The lowest BCUT2D eigenvalue weighted by atomic mass is 10.1. The molecule has 1 N–H and O–H groups in total. The van der Waals surface area contributed by atoms with Crippen LogP contribution in [-0.4, -0.2) is 15.6 Å². The lowest BCUT2D eigenvalue weighted by Crippen LogP contribution is -2.21. The van der Waals surface area contributed by atoms with Crippen molar-refractivity contribution in [3.05, 3.63) is 36.0 Å². The van der Waals surface area contributed by atoms with E-state index in [2.05, 4.69) is 22.8 Å². The zero-order valence-electron chi connectivity index (χ0n) is 9.81. The van der Waals surface area contributed by atoms with E-state index in [4.69, 9.17) is 0 Å². The molecular formula is C14H15NO2. The molecule has 1 saturated carbocycles. The number of para-hydroxylation sites is 1. The van der Waals surface area contributed by atoms with Gasteiger partial charge in [0, 0.05) is 17.8 Å². The van der Waals surface area contributed by atoms with E-state index in [1.165, 1.54) is 5.39 Å². The molecule has 3 nitrogen and oxygen atoms in total. The third-order valence-corrected chi connectivity index (χ3v) is 3.79. The minimum Gasteiger partial charge on any atom is -0.481 e. The highest BCUT2D eigenvalue weighted by molar-refractivity contribution is 5.82. The summed E-state index contributed by atoms with van der Waals surface area (Å²) >= 11 is 0. The van der Waals surface area contributed by atoms with Gasteiger partial charge in [-0.1, -0.05) is 18.2 Å². The number of fused-ring (bicyclic) bond motifs is 1. The van der Waals surface area contributed by atoms with Gasteiger partial charge in [-0.05, 0) is 37.3 Å². The first-order chi connectivity index (χ1) is 8.12. The minimum atomic E-state index is -0.658. The largest absolute Gasteiger partial charge is 0.481 e. The van der Waals surface area contributed by atoms with Gasteiger partial charge < -0.3 is 9.67 Å². The Bertz CT molecular complexity index is 593. The lowest BCUT2D eigenvalue weighted by Gasteiger charge is -2.14. The fourth-order valence-corrected chi connectivity index (χ4v) is 2.45. The van der Waals surface area contributed by atoms with Gasteiger partial charge in [-0.3, -0.25) is 4.79 Å². The summed E-state index contributed by atoms with van der Waals surface area (Å²) in [5.74, 6) is -0.658. The predicted molar refractivity (Wildman–Crippen MR) is 66.0 cm³/mol. The van der Waals surface area contributed by atoms with Crippen molar-refractivity contribution in [3.63, 3.8) is 0 Å². The summed E-state index contributed by atoms with van der Waals surface area (Å²) in [5.41, 5.74) is 1.77. The van der Waals surface area contributed by atoms with Crippen LogP contribution >= 0.6 is 0 Å². The van der Waals surface area contributed by atoms with Crippen molar-refractivity contribution in [2.45, 2.75) is 26.3 Å². The molecule has 3 heteroatoms. The Labute approximate surface area is 99.7 Å². The molecule has 3 rings (SSSR count). The van der Waals surface area contributed by atoms with Crippen molar-refractivity contribution in [2.24, 2.45) is 5.41 Å². The molecule has 0 unspecified atom stereocenters. The predicted octanol–water partition coefficient (Wildman–Crippen LogP) is 2.81. The summed E-state index contributed by atoms with van der Waals surface area (Å²) in [6.07, 6.45) is 1.60. The van der Waals surface area contributed by atoms with Crippen LogP contribution in [0, 0.1) is 12.3 Å². The number of nitrogens with zero attached hydrogens (tertiary/aromatic N) is 1. The molecule has 88 valence electrons. The van der Waals surface area contributed by atoms with Gasteiger partial charge in [0.05, 0.1) is 5.41 Å². The molecule has 0 saturated heterocycles. The van der Waals surface area contributed by atoms with E-state index in [1.54, 1.807) is 0 Å². The number of hydrogen-bond acceptors (Lipinski definition) is 1. The molecule has 1 aliphatic rings. The van der Waals surface area contributed by atoms with E-state index in [0.717, 1.165) is 24.1 Å². The van der Waals surface area contributed by atoms with E-state index in [0.29, 0.717) is 6.54 Å². The van der Waals surface area contributed by atoms with E-state index >= 15 is 0 Å². The minimum absolute atomic E-state index is 0.507. The van der Waals surface area contributed by atoms with Gasteiger partial charge >= 0.3 is 5.97 Å². The first-order valence-corrected chi connectivity index (χ1v) is 5.91. The van der Waals surface area contributed by atoms with Crippen molar-refractivity contribution in [1.82, 2.24) is 4.57 Å². The highest BCUT2D eigenvalue weighted by atomic mass is 16.4. The number of carboxylic acids is 1. The molecule has 1 fully saturated rings. The second kappa shape index (κ2) is 3.36. The monoisotopic (exact) mass is 229 g/mol. The van der Waals surface area contributed by atoms with Gasteiger partial charge in [-0.15, -0.1) is 0 Å². The van der Waals surface area contributed by atoms with Crippen molar-refractivity contribution in [1.29, 1.82) is 0 Å². The number of carbonyl (C=O) groups is 1. The SMILES string of the molecule is Cc1cc2ccccc2n1CC1(C(=O)O)CC1. The Morgan fingerprint density at radius 3 is 2.76 bits per heavy atom. The number of rotatable bonds is 3. The van der Waals surface area contributed by atoms with E-state index in [1.807, 2.05) is 19.1 Å². The van der Waals surface area contributed by atoms with Crippen LogP contribution in [0.2, 0.25) is 0 Å². The molecule has 1 aliphatic carbocycles. The number of aromatic nitrogens is 1. The Morgan fingerprint density at radius 1 is 1.41 bits per heavy atom. The first-order valence-electron chi connectivity index (χ1n) is 5.91. The Kier molecular flexibility index (Phi) is 2.05. The third kappa shape index (κ3) is 1.54. The zero-order valence-corrected chi connectivity index (χ0v) is 9.81. The van der Waals surface area contributed by atoms with Crippen LogP contribution in [0.15, 0.2) is 30.3 Å². The number of hydrogen-bond donors (Lipinski definition) is 1. The molecule has 2 aromatic rings. The van der Waals surface area contributed by atoms with Crippen molar-refractivity contribution in [3.8, 4) is 0 Å². The zero-order chi connectivity index (χ0) is 12.0. The van der Waals surface area contributed by atoms with Crippen molar-refractivity contribution >= 4 is 16.9 Å². The highest BCUT2D eigenvalue weighted by Gasteiger charge is 2.50. The number of aliphatic carboxylic acids is 1.